The van der Waals surface area contributed by atoms with Gasteiger partial charge in [0.2, 0.25) is 0 Å². The number of fused-ring (bicyclic) bond motifs is 3. The molecule has 8 nitrogen and oxygen atoms in total. The zero-order chi connectivity index (χ0) is 24.5. The van der Waals surface area contributed by atoms with E-state index in [0.29, 0.717) is 34.9 Å². The molecule has 1 aliphatic rings. The number of carbonyl (C=O) groups excluding carboxylic acids is 2. The number of aromatic nitrogens is 2. The number of hydrogen-bond donors (Lipinski definition) is 1. The van der Waals surface area contributed by atoms with Gasteiger partial charge in [-0.3, -0.25) is 4.79 Å². The van der Waals surface area contributed by atoms with Crippen LogP contribution in [0.15, 0.2) is 66.7 Å². The molecule has 0 atom stereocenters. The van der Waals surface area contributed by atoms with Gasteiger partial charge in [0.15, 0.2) is 17.2 Å². The predicted molar refractivity (Wildman–Crippen MR) is 131 cm³/mol. The molecule has 5 rings (SSSR count). The van der Waals surface area contributed by atoms with E-state index in [-0.39, 0.29) is 5.91 Å². The van der Waals surface area contributed by atoms with Crippen molar-refractivity contribution in [1.29, 1.82) is 0 Å². The van der Waals surface area contributed by atoms with Crippen LogP contribution >= 0.6 is 0 Å². The monoisotopic (exact) mass is 469 g/mol. The Morgan fingerprint density at radius 1 is 0.914 bits per heavy atom. The molecule has 1 aromatic heterocycles. The minimum absolute atomic E-state index is 0.329. The Morgan fingerprint density at radius 2 is 1.60 bits per heavy atom. The Balaban J connectivity index is 1.57. The fourth-order valence-electron chi connectivity index (χ4n) is 4.31. The highest BCUT2D eigenvalue weighted by Crippen LogP contribution is 2.44. The standard InChI is InChI=1S/C27H23N3O5/c1-33-22-14-17-13-21-24(26(31)28-18-11-9-16(10-12-18)27(32)35-3)29-30(19-7-5-4-6-8-19)25(21)20(17)15-23(22)34-2/h4-12,14-15H,13H2,1-3H3,(H,28,31). The third kappa shape index (κ3) is 3.89. The van der Waals surface area contributed by atoms with E-state index >= 15 is 0 Å². The minimum Gasteiger partial charge on any atom is -0.493 e. The lowest BCUT2D eigenvalue weighted by molar-refractivity contribution is 0.0600. The van der Waals surface area contributed by atoms with Crippen molar-refractivity contribution in [2.24, 2.45) is 0 Å². The van der Waals surface area contributed by atoms with Gasteiger partial charge in [0.25, 0.3) is 5.91 Å². The number of methoxy groups -OCH3 is 3. The molecule has 0 spiro atoms. The summed E-state index contributed by atoms with van der Waals surface area (Å²) in [7, 11) is 4.52. The topological polar surface area (TPSA) is 91.7 Å². The zero-order valence-electron chi connectivity index (χ0n) is 19.5. The van der Waals surface area contributed by atoms with Crippen molar-refractivity contribution in [2.45, 2.75) is 6.42 Å². The minimum atomic E-state index is -0.439. The highest BCUT2D eigenvalue weighted by atomic mass is 16.5. The second-order valence-corrected chi connectivity index (χ2v) is 7.99. The number of amides is 1. The smallest absolute Gasteiger partial charge is 0.337 e. The van der Waals surface area contributed by atoms with Gasteiger partial charge in [-0.15, -0.1) is 0 Å². The van der Waals surface area contributed by atoms with Crippen molar-refractivity contribution in [1.82, 2.24) is 9.78 Å². The number of hydrogen-bond acceptors (Lipinski definition) is 6. The lowest BCUT2D eigenvalue weighted by Gasteiger charge is -2.12. The van der Waals surface area contributed by atoms with Crippen molar-refractivity contribution in [3.05, 3.63) is 89.1 Å². The van der Waals surface area contributed by atoms with Gasteiger partial charge in [0.1, 0.15) is 0 Å². The summed E-state index contributed by atoms with van der Waals surface area (Å²) in [6.07, 6.45) is 0.530. The fourth-order valence-corrected chi connectivity index (χ4v) is 4.31. The molecule has 0 unspecified atom stereocenters. The summed E-state index contributed by atoms with van der Waals surface area (Å²) in [5, 5.41) is 7.61. The summed E-state index contributed by atoms with van der Waals surface area (Å²) in [5.41, 5.74) is 5.75. The van der Waals surface area contributed by atoms with Crippen molar-refractivity contribution in [3.63, 3.8) is 0 Å². The summed E-state index contributed by atoms with van der Waals surface area (Å²) >= 11 is 0. The molecular formula is C27H23N3O5. The van der Waals surface area contributed by atoms with Crippen LogP contribution in [0.2, 0.25) is 0 Å². The molecule has 8 heteroatoms. The van der Waals surface area contributed by atoms with E-state index in [0.717, 1.165) is 28.1 Å². The Morgan fingerprint density at radius 3 is 2.26 bits per heavy atom. The number of benzene rings is 3. The first-order chi connectivity index (χ1) is 17.0. The first-order valence-electron chi connectivity index (χ1n) is 11.0. The van der Waals surface area contributed by atoms with Crippen LogP contribution < -0.4 is 14.8 Å². The Labute approximate surface area is 202 Å². The van der Waals surface area contributed by atoms with Crippen LogP contribution in [0, 0.1) is 0 Å². The number of carbonyl (C=O) groups is 2. The van der Waals surface area contributed by atoms with Crippen molar-refractivity contribution in [2.75, 3.05) is 26.6 Å². The second kappa shape index (κ2) is 8.98. The van der Waals surface area contributed by atoms with Crippen LogP contribution in [0.5, 0.6) is 11.5 Å². The molecule has 1 N–H and O–H groups in total. The van der Waals surface area contributed by atoms with Crippen LogP contribution in [0.3, 0.4) is 0 Å². The molecule has 0 saturated carbocycles. The molecule has 0 bridgehead atoms. The number of ether oxygens (including phenoxy) is 3. The van der Waals surface area contributed by atoms with Crippen LogP contribution in [-0.4, -0.2) is 43.0 Å². The summed E-state index contributed by atoms with van der Waals surface area (Å²) < 4.78 is 17.5. The third-order valence-electron chi connectivity index (χ3n) is 5.99. The number of rotatable bonds is 6. The van der Waals surface area contributed by atoms with Crippen molar-refractivity contribution in [3.8, 4) is 28.4 Å². The van der Waals surface area contributed by atoms with Gasteiger partial charge in [-0.2, -0.15) is 5.10 Å². The molecule has 1 heterocycles. The van der Waals surface area contributed by atoms with E-state index in [1.165, 1.54) is 7.11 Å². The van der Waals surface area contributed by atoms with Crippen molar-refractivity contribution < 1.29 is 23.8 Å². The lowest BCUT2D eigenvalue weighted by Crippen LogP contribution is -2.15. The summed E-state index contributed by atoms with van der Waals surface area (Å²) in [6.45, 7) is 0. The molecule has 0 radical (unpaired) electrons. The van der Waals surface area contributed by atoms with Gasteiger partial charge < -0.3 is 19.5 Å². The van der Waals surface area contributed by atoms with Crippen LogP contribution in [0.25, 0.3) is 16.9 Å². The quantitative estimate of drug-likeness (QED) is 0.368. The molecule has 0 aliphatic heterocycles. The second-order valence-electron chi connectivity index (χ2n) is 7.99. The summed E-state index contributed by atoms with van der Waals surface area (Å²) in [6, 6.07) is 20.1. The molecular weight excluding hydrogens is 446 g/mol. The Kier molecular flexibility index (Phi) is 5.70. The molecule has 0 saturated heterocycles. The van der Waals surface area contributed by atoms with E-state index in [4.69, 9.17) is 19.3 Å². The van der Waals surface area contributed by atoms with Gasteiger partial charge in [-0.05, 0) is 54.1 Å². The van der Waals surface area contributed by atoms with E-state index in [1.54, 1.807) is 43.2 Å². The van der Waals surface area contributed by atoms with Gasteiger partial charge >= 0.3 is 5.97 Å². The highest BCUT2D eigenvalue weighted by Gasteiger charge is 2.32. The molecule has 3 aromatic carbocycles. The van der Waals surface area contributed by atoms with Gasteiger partial charge in [0, 0.05) is 23.2 Å². The molecule has 1 amide bonds. The average molecular weight is 469 g/mol. The zero-order valence-corrected chi connectivity index (χ0v) is 19.5. The molecule has 176 valence electrons. The maximum Gasteiger partial charge on any atom is 0.337 e. The maximum absolute atomic E-state index is 13.4. The van der Waals surface area contributed by atoms with Gasteiger partial charge in [0.05, 0.1) is 38.3 Å². The van der Waals surface area contributed by atoms with Crippen LogP contribution in [0.4, 0.5) is 5.69 Å². The number of nitrogens with zero attached hydrogens (tertiary/aromatic N) is 2. The van der Waals surface area contributed by atoms with Crippen LogP contribution in [-0.2, 0) is 11.2 Å². The van der Waals surface area contributed by atoms with E-state index < -0.39 is 5.97 Å². The normalized spacial score (nSPS) is 11.4. The van der Waals surface area contributed by atoms with E-state index in [9.17, 15) is 9.59 Å². The number of esters is 1. The number of nitrogens with one attached hydrogen (secondary N) is 1. The Hall–Kier alpha value is -4.59. The maximum atomic E-state index is 13.4. The van der Waals surface area contributed by atoms with Crippen LogP contribution in [0.1, 0.15) is 32.0 Å². The molecule has 0 fully saturated rings. The molecule has 1 aliphatic carbocycles. The molecule has 4 aromatic rings. The Bertz CT molecular complexity index is 1430. The van der Waals surface area contributed by atoms with E-state index in [1.807, 2.05) is 42.5 Å². The number of anilines is 1. The number of para-hydroxylation sites is 1. The summed E-state index contributed by atoms with van der Waals surface area (Å²) in [4.78, 5) is 25.1. The highest BCUT2D eigenvalue weighted by molar-refractivity contribution is 6.06. The van der Waals surface area contributed by atoms with Crippen molar-refractivity contribution >= 4 is 17.6 Å². The van der Waals surface area contributed by atoms with E-state index in [2.05, 4.69) is 5.32 Å². The lowest BCUT2D eigenvalue weighted by atomic mass is 10.1. The predicted octanol–water partition coefficient (Wildman–Crippen LogP) is 4.50. The SMILES string of the molecule is COC(=O)c1ccc(NC(=O)c2nn(-c3ccccc3)c3c2Cc2cc(OC)c(OC)cc2-3)cc1. The first-order valence-corrected chi connectivity index (χ1v) is 11.0. The first kappa shape index (κ1) is 22.2. The largest absolute Gasteiger partial charge is 0.493 e. The van der Waals surface area contributed by atoms with Gasteiger partial charge in [-0.25, -0.2) is 9.48 Å². The average Bonchev–Trinajstić information content (AvgIpc) is 3.45. The fraction of sp³-hybridized carbons (Fsp3) is 0.148. The third-order valence-corrected chi connectivity index (χ3v) is 5.99. The molecule has 35 heavy (non-hydrogen) atoms. The summed E-state index contributed by atoms with van der Waals surface area (Å²) in [5.74, 6) is 0.461. The van der Waals surface area contributed by atoms with Gasteiger partial charge in [-0.1, -0.05) is 18.2 Å².